The van der Waals surface area contributed by atoms with Gasteiger partial charge in [-0.25, -0.2) is 0 Å². The molecule has 5 nitrogen and oxygen atoms in total. The molecular weight excluding hydrogens is 182 g/mol. The SMILES string of the molecule is NC(C=O)CNC(=O)c1cccnc1. The summed E-state index contributed by atoms with van der Waals surface area (Å²) < 4.78 is 0. The Kier molecular flexibility index (Phi) is 3.75. The first kappa shape index (κ1) is 10.3. The van der Waals surface area contributed by atoms with Crippen molar-refractivity contribution in [3.05, 3.63) is 30.1 Å². The van der Waals surface area contributed by atoms with Gasteiger partial charge in [0, 0.05) is 18.9 Å². The molecule has 0 aliphatic heterocycles. The normalized spacial score (nSPS) is 11.8. The number of carbonyl (C=O) groups is 2. The predicted octanol–water partition coefficient (Wildman–Crippen LogP) is -0.662. The highest BCUT2D eigenvalue weighted by Crippen LogP contribution is 1.94. The van der Waals surface area contributed by atoms with Crippen molar-refractivity contribution in [2.45, 2.75) is 6.04 Å². The van der Waals surface area contributed by atoms with Crippen LogP contribution in [-0.4, -0.2) is 29.8 Å². The third kappa shape index (κ3) is 2.95. The number of amides is 1. The fraction of sp³-hybridized carbons (Fsp3) is 0.222. The molecule has 0 saturated carbocycles. The Morgan fingerprint density at radius 1 is 1.71 bits per heavy atom. The number of aromatic nitrogens is 1. The molecule has 0 aliphatic rings. The minimum atomic E-state index is -0.657. The molecule has 1 aromatic rings. The van der Waals surface area contributed by atoms with Gasteiger partial charge in [0.05, 0.1) is 11.6 Å². The van der Waals surface area contributed by atoms with Crippen LogP contribution in [-0.2, 0) is 4.79 Å². The zero-order valence-corrected chi connectivity index (χ0v) is 7.51. The molecule has 0 spiro atoms. The molecular formula is C9H11N3O2. The average Bonchev–Trinajstić information content (AvgIpc) is 2.26. The lowest BCUT2D eigenvalue weighted by atomic mass is 10.2. The van der Waals surface area contributed by atoms with Gasteiger partial charge in [0.15, 0.2) is 0 Å². The van der Waals surface area contributed by atoms with Gasteiger partial charge in [-0.1, -0.05) is 0 Å². The summed E-state index contributed by atoms with van der Waals surface area (Å²) >= 11 is 0. The summed E-state index contributed by atoms with van der Waals surface area (Å²) in [5, 5.41) is 2.51. The van der Waals surface area contributed by atoms with Crippen LogP contribution in [0.15, 0.2) is 24.5 Å². The van der Waals surface area contributed by atoms with E-state index in [0.29, 0.717) is 11.8 Å². The van der Waals surface area contributed by atoms with Crippen molar-refractivity contribution in [3.63, 3.8) is 0 Å². The molecule has 0 fully saturated rings. The van der Waals surface area contributed by atoms with E-state index in [1.165, 1.54) is 6.20 Å². The maximum Gasteiger partial charge on any atom is 0.252 e. The first-order valence-corrected chi connectivity index (χ1v) is 4.13. The van der Waals surface area contributed by atoms with Crippen LogP contribution in [0.2, 0.25) is 0 Å². The summed E-state index contributed by atoms with van der Waals surface area (Å²) in [7, 11) is 0. The minimum Gasteiger partial charge on any atom is -0.350 e. The number of nitrogens with two attached hydrogens (primary N) is 1. The Bertz CT molecular complexity index is 313. The Labute approximate surface area is 81.3 Å². The van der Waals surface area contributed by atoms with Crippen molar-refractivity contribution in [1.29, 1.82) is 0 Å². The van der Waals surface area contributed by atoms with Gasteiger partial charge in [-0.2, -0.15) is 0 Å². The molecule has 74 valence electrons. The number of aldehydes is 1. The molecule has 1 amide bonds. The van der Waals surface area contributed by atoms with E-state index in [1.54, 1.807) is 18.3 Å². The van der Waals surface area contributed by atoms with Crippen LogP contribution in [0.25, 0.3) is 0 Å². The predicted molar refractivity (Wildman–Crippen MR) is 50.6 cm³/mol. The molecule has 5 heteroatoms. The van der Waals surface area contributed by atoms with Gasteiger partial charge < -0.3 is 15.8 Å². The van der Waals surface area contributed by atoms with Crippen molar-refractivity contribution in [1.82, 2.24) is 10.3 Å². The monoisotopic (exact) mass is 193 g/mol. The van der Waals surface area contributed by atoms with E-state index in [1.807, 2.05) is 0 Å². The lowest BCUT2D eigenvalue weighted by Gasteiger charge is -2.05. The smallest absolute Gasteiger partial charge is 0.252 e. The van der Waals surface area contributed by atoms with E-state index < -0.39 is 6.04 Å². The molecule has 0 aromatic carbocycles. The van der Waals surface area contributed by atoms with E-state index in [4.69, 9.17) is 5.73 Å². The summed E-state index contributed by atoms with van der Waals surface area (Å²) in [6, 6.07) is 2.64. The Hall–Kier alpha value is -1.75. The number of nitrogens with one attached hydrogen (secondary N) is 1. The number of rotatable bonds is 4. The number of pyridine rings is 1. The highest BCUT2D eigenvalue weighted by atomic mass is 16.1. The fourth-order valence-corrected chi connectivity index (χ4v) is 0.858. The molecule has 1 unspecified atom stereocenters. The van der Waals surface area contributed by atoms with E-state index in [-0.39, 0.29) is 12.5 Å². The molecule has 0 aliphatic carbocycles. The van der Waals surface area contributed by atoms with Crippen LogP contribution >= 0.6 is 0 Å². The number of hydrogen-bond acceptors (Lipinski definition) is 4. The largest absolute Gasteiger partial charge is 0.350 e. The zero-order chi connectivity index (χ0) is 10.4. The molecule has 1 atom stereocenters. The molecule has 0 saturated heterocycles. The van der Waals surface area contributed by atoms with Crippen molar-refractivity contribution in [2.24, 2.45) is 5.73 Å². The standard InChI is InChI=1S/C9H11N3O2/c10-8(6-13)5-12-9(14)7-2-1-3-11-4-7/h1-4,6,8H,5,10H2,(H,12,14). The van der Waals surface area contributed by atoms with Gasteiger partial charge in [0.1, 0.15) is 6.29 Å². The molecule has 3 N–H and O–H groups in total. The molecule has 14 heavy (non-hydrogen) atoms. The summed E-state index contributed by atoms with van der Waals surface area (Å²) in [4.78, 5) is 25.3. The summed E-state index contributed by atoms with van der Waals surface area (Å²) in [5.41, 5.74) is 5.75. The maximum absolute atomic E-state index is 11.3. The minimum absolute atomic E-state index is 0.136. The van der Waals surface area contributed by atoms with Crippen LogP contribution < -0.4 is 11.1 Å². The van der Waals surface area contributed by atoms with Gasteiger partial charge in [-0.15, -0.1) is 0 Å². The molecule has 0 bridgehead atoms. The number of hydrogen-bond donors (Lipinski definition) is 2. The van der Waals surface area contributed by atoms with Crippen molar-refractivity contribution in [3.8, 4) is 0 Å². The van der Waals surface area contributed by atoms with Crippen molar-refractivity contribution >= 4 is 12.2 Å². The summed E-state index contributed by atoms with van der Waals surface area (Å²) in [6.45, 7) is 0.136. The maximum atomic E-state index is 11.3. The highest BCUT2D eigenvalue weighted by molar-refractivity contribution is 5.93. The average molecular weight is 193 g/mol. The van der Waals surface area contributed by atoms with Gasteiger partial charge in [0.2, 0.25) is 0 Å². The lowest BCUT2D eigenvalue weighted by molar-refractivity contribution is -0.108. The zero-order valence-electron chi connectivity index (χ0n) is 7.51. The van der Waals surface area contributed by atoms with Gasteiger partial charge in [-0.3, -0.25) is 9.78 Å². The second-order valence-corrected chi connectivity index (χ2v) is 2.75. The Morgan fingerprint density at radius 2 is 2.50 bits per heavy atom. The molecule has 1 rings (SSSR count). The fourth-order valence-electron chi connectivity index (χ4n) is 0.858. The molecule has 1 heterocycles. The van der Waals surface area contributed by atoms with Crippen LogP contribution in [0.3, 0.4) is 0 Å². The van der Waals surface area contributed by atoms with Gasteiger partial charge in [-0.05, 0) is 12.1 Å². The van der Waals surface area contributed by atoms with Gasteiger partial charge in [0.25, 0.3) is 5.91 Å². The Morgan fingerprint density at radius 3 is 3.07 bits per heavy atom. The third-order valence-electron chi connectivity index (χ3n) is 1.60. The highest BCUT2D eigenvalue weighted by Gasteiger charge is 2.06. The molecule has 0 radical (unpaired) electrons. The van der Waals surface area contributed by atoms with E-state index in [9.17, 15) is 9.59 Å². The third-order valence-corrected chi connectivity index (χ3v) is 1.60. The summed E-state index contributed by atoms with van der Waals surface area (Å²) in [6.07, 6.45) is 3.61. The number of nitrogens with zero attached hydrogens (tertiary/aromatic N) is 1. The second kappa shape index (κ2) is 5.08. The lowest BCUT2D eigenvalue weighted by Crippen LogP contribution is -2.38. The van der Waals surface area contributed by atoms with E-state index in [0.717, 1.165) is 0 Å². The van der Waals surface area contributed by atoms with E-state index in [2.05, 4.69) is 10.3 Å². The Balaban J connectivity index is 2.47. The quantitative estimate of drug-likeness (QED) is 0.621. The van der Waals surface area contributed by atoms with Crippen LogP contribution in [0, 0.1) is 0 Å². The van der Waals surface area contributed by atoms with Crippen molar-refractivity contribution < 1.29 is 9.59 Å². The topological polar surface area (TPSA) is 85.1 Å². The van der Waals surface area contributed by atoms with Crippen LogP contribution in [0.5, 0.6) is 0 Å². The van der Waals surface area contributed by atoms with E-state index >= 15 is 0 Å². The molecule has 1 aromatic heterocycles. The van der Waals surface area contributed by atoms with Crippen LogP contribution in [0.4, 0.5) is 0 Å². The first-order valence-electron chi connectivity index (χ1n) is 4.13. The summed E-state index contributed by atoms with van der Waals surface area (Å²) in [5.74, 6) is -0.282. The van der Waals surface area contributed by atoms with Crippen molar-refractivity contribution in [2.75, 3.05) is 6.54 Å². The van der Waals surface area contributed by atoms with Gasteiger partial charge >= 0.3 is 0 Å². The van der Waals surface area contributed by atoms with Crippen LogP contribution in [0.1, 0.15) is 10.4 Å². The first-order chi connectivity index (χ1) is 6.74. The second-order valence-electron chi connectivity index (χ2n) is 2.75. The number of carbonyl (C=O) groups excluding carboxylic acids is 2.